The molecule has 1 aliphatic heterocycles. The molecule has 0 N–H and O–H groups in total. The van der Waals surface area contributed by atoms with Crippen molar-refractivity contribution in [3.05, 3.63) is 64.8 Å². The Morgan fingerprint density at radius 1 is 1.00 bits per heavy atom. The van der Waals surface area contributed by atoms with Crippen molar-refractivity contribution in [1.29, 1.82) is 0 Å². The first kappa shape index (κ1) is 22.2. The van der Waals surface area contributed by atoms with Gasteiger partial charge in [0.15, 0.2) is 11.0 Å². The number of hydrogen-bond acceptors (Lipinski definition) is 6. The minimum absolute atomic E-state index is 0.0272. The molecule has 0 radical (unpaired) electrons. The summed E-state index contributed by atoms with van der Waals surface area (Å²) >= 11 is 5.32. The molecule has 8 heteroatoms. The van der Waals surface area contributed by atoms with Gasteiger partial charge in [0.2, 0.25) is 12.0 Å². The summed E-state index contributed by atoms with van der Waals surface area (Å²) < 4.78 is 17.5. The molecule has 1 saturated heterocycles. The third-order valence-corrected chi connectivity index (χ3v) is 5.81. The average Bonchev–Trinajstić information content (AvgIpc) is 2.82. The molecule has 1 aromatic heterocycles. The molecular weight excluding hydrogens is 434 g/mol. The van der Waals surface area contributed by atoms with Crippen LogP contribution in [0.25, 0.3) is 22.1 Å². The van der Waals surface area contributed by atoms with Gasteiger partial charge in [-0.05, 0) is 23.2 Å². The van der Waals surface area contributed by atoms with Crippen molar-refractivity contribution in [3.8, 4) is 11.1 Å². The lowest BCUT2D eigenvalue weighted by Crippen LogP contribution is -2.58. The largest absolute Gasteiger partial charge is 0.414 e. The Bertz CT molecular complexity index is 1180. The van der Waals surface area contributed by atoms with E-state index in [1.165, 1.54) is 6.07 Å². The van der Waals surface area contributed by atoms with Crippen molar-refractivity contribution in [2.75, 3.05) is 33.0 Å². The summed E-state index contributed by atoms with van der Waals surface area (Å²) in [6.07, 6.45) is -0.187. The molecule has 0 unspecified atom stereocenters. The summed E-state index contributed by atoms with van der Waals surface area (Å²) in [5, 5.41) is -0.106. The van der Waals surface area contributed by atoms with Gasteiger partial charge in [0.25, 0.3) is 0 Å². The van der Waals surface area contributed by atoms with Crippen LogP contribution < -0.4 is 9.91 Å². The second-order valence-corrected chi connectivity index (χ2v) is 8.12. The van der Waals surface area contributed by atoms with Gasteiger partial charge in [0.1, 0.15) is 13.1 Å². The minimum atomic E-state index is -0.591. The van der Waals surface area contributed by atoms with Crippen LogP contribution in [0, 0.1) is 0 Å². The Hall–Kier alpha value is -3.00. The van der Waals surface area contributed by atoms with E-state index in [1.807, 2.05) is 42.5 Å². The number of rotatable bonds is 7. The van der Waals surface area contributed by atoms with Crippen LogP contribution in [0.4, 0.5) is 5.88 Å². The molecule has 166 valence electrons. The maximum atomic E-state index is 13.0. The number of benzene rings is 2. The van der Waals surface area contributed by atoms with E-state index in [1.54, 1.807) is 6.07 Å². The van der Waals surface area contributed by atoms with E-state index >= 15 is 0 Å². The second kappa shape index (κ2) is 9.65. The molecule has 32 heavy (non-hydrogen) atoms. The molecule has 0 aliphatic carbocycles. The Morgan fingerprint density at radius 2 is 1.75 bits per heavy atom. The molecular formula is C24H23ClNO6+. The molecule has 0 saturated carbocycles. The lowest BCUT2D eigenvalue weighted by atomic mass is 10.0. The monoisotopic (exact) mass is 456 g/mol. The summed E-state index contributed by atoms with van der Waals surface area (Å²) in [7, 11) is 0. The first-order chi connectivity index (χ1) is 15.5. The van der Waals surface area contributed by atoms with E-state index < -0.39 is 11.2 Å². The highest BCUT2D eigenvalue weighted by Gasteiger charge is 2.38. The highest BCUT2D eigenvalue weighted by molar-refractivity contribution is 6.63. The molecule has 0 spiro atoms. The Labute approximate surface area is 189 Å². The Morgan fingerprint density at radius 3 is 2.47 bits per heavy atom. The van der Waals surface area contributed by atoms with Gasteiger partial charge in [-0.3, -0.25) is 14.4 Å². The fraction of sp³-hybridized carbons (Fsp3) is 0.292. The summed E-state index contributed by atoms with van der Waals surface area (Å²) in [5.74, 6) is -0.119. The van der Waals surface area contributed by atoms with E-state index in [0.29, 0.717) is 43.2 Å². The van der Waals surface area contributed by atoms with Crippen molar-refractivity contribution in [3.63, 3.8) is 0 Å². The maximum Gasteiger partial charge on any atom is 0.310 e. The number of fused-ring (bicyclic) bond motifs is 1. The molecule has 4 rings (SSSR count). The van der Waals surface area contributed by atoms with Gasteiger partial charge in [-0.15, -0.1) is 0 Å². The maximum absolute atomic E-state index is 13.0. The molecule has 0 bridgehead atoms. The van der Waals surface area contributed by atoms with Crippen molar-refractivity contribution in [2.24, 2.45) is 0 Å². The normalized spacial score (nSPS) is 15.4. The number of ether oxygens (including phenoxy) is 2. The van der Waals surface area contributed by atoms with Crippen LogP contribution in [0.5, 0.6) is 0 Å². The van der Waals surface area contributed by atoms with Gasteiger partial charge in [0, 0.05) is 12.0 Å². The molecule has 2 aromatic carbocycles. The Balaban J connectivity index is 1.74. The average molecular weight is 457 g/mol. The van der Waals surface area contributed by atoms with Gasteiger partial charge in [-0.2, -0.15) is 0 Å². The summed E-state index contributed by atoms with van der Waals surface area (Å²) in [4.78, 5) is 36.1. The summed E-state index contributed by atoms with van der Waals surface area (Å²) in [6, 6.07) is 16.7. The van der Waals surface area contributed by atoms with Gasteiger partial charge >= 0.3 is 11.9 Å². The lowest BCUT2D eigenvalue weighted by Gasteiger charge is -2.37. The number of halogens is 1. The quantitative estimate of drug-likeness (QED) is 0.305. The van der Waals surface area contributed by atoms with Crippen LogP contribution in [0.2, 0.25) is 0 Å². The number of quaternary nitrogens is 1. The van der Waals surface area contributed by atoms with E-state index in [4.69, 9.17) is 25.5 Å². The zero-order valence-electron chi connectivity index (χ0n) is 17.4. The van der Waals surface area contributed by atoms with Crippen LogP contribution in [0.3, 0.4) is 0 Å². The zero-order chi connectivity index (χ0) is 22.6. The molecule has 0 atom stereocenters. The first-order valence-corrected chi connectivity index (χ1v) is 10.8. The number of morpholine rings is 1. The van der Waals surface area contributed by atoms with Gasteiger partial charge in [-0.1, -0.05) is 42.5 Å². The van der Waals surface area contributed by atoms with Crippen molar-refractivity contribution >= 4 is 39.7 Å². The van der Waals surface area contributed by atoms with E-state index in [9.17, 15) is 14.4 Å². The van der Waals surface area contributed by atoms with Crippen LogP contribution >= 0.6 is 11.6 Å². The molecule has 3 aromatic rings. The third-order valence-electron chi connectivity index (χ3n) is 5.62. The molecule has 2 heterocycles. The standard InChI is InChI=1S/C24H23ClNO6/c25-21(28)9-10-23(29)31-16-26(11-13-30-14-12-26)22-15-20(27)19-8-4-7-18(24(19)32-22)17-5-2-1-3-6-17/h1-8,15H,9-14,16H2/q+1. The fourth-order valence-corrected chi connectivity index (χ4v) is 3.91. The van der Waals surface area contributed by atoms with Gasteiger partial charge < -0.3 is 13.9 Å². The lowest BCUT2D eigenvalue weighted by molar-refractivity contribution is -0.151. The number of nitrogens with zero attached hydrogens (tertiary/aromatic N) is 1. The van der Waals surface area contributed by atoms with Crippen LogP contribution in [0.15, 0.2) is 63.8 Å². The van der Waals surface area contributed by atoms with Crippen LogP contribution in [-0.4, -0.2) is 44.2 Å². The number of carbonyl (C=O) groups is 2. The van der Waals surface area contributed by atoms with Crippen LogP contribution in [-0.2, 0) is 19.1 Å². The zero-order valence-corrected chi connectivity index (χ0v) is 18.2. The van der Waals surface area contributed by atoms with Crippen molar-refractivity contribution in [1.82, 2.24) is 4.48 Å². The van der Waals surface area contributed by atoms with E-state index in [0.717, 1.165) is 11.1 Å². The summed E-state index contributed by atoms with van der Waals surface area (Å²) in [6.45, 7) is 1.79. The minimum Gasteiger partial charge on any atom is -0.414 e. The van der Waals surface area contributed by atoms with Crippen molar-refractivity contribution < 1.29 is 23.5 Å². The highest BCUT2D eigenvalue weighted by Crippen LogP contribution is 2.32. The van der Waals surface area contributed by atoms with Crippen molar-refractivity contribution in [2.45, 2.75) is 12.8 Å². The van der Waals surface area contributed by atoms with Crippen LogP contribution in [0.1, 0.15) is 12.8 Å². The van der Waals surface area contributed by atoms with Gasteiger partial charge in [-0.25, -0.2) is 4.48 Å². The first-order valence-electron chi connectivity index (χ1n) is 10.4. The smallest absolute Gasteiger partial charge is 0.310 e. The predicted molar refractivity (Wildman–Crippen MR) is 121 cm³/mol. The molecule has 1 fully saturated rings. The topological polar surface area (TPSA) is 82.8 Å². The predicted octanol–water partition coefficient (Wildman–Crippen LogP) is 3.84. The number of carbonyl (C=O) groups excluding carboxylic acids is 2. The third kappa shape index (κ3) is 4.75. The molecule has 0 amide bonds. The second-order valence-electron chi connectivity index (χ2n) is 7.70. The number of para-hydroxylation sites is 1. The molecule has 1 aliphatic rings. The van der Waals surface area contributed by atoms with E-state index in [-0.39, 0.29) is 29.5 Å². The summed E-state index contributed by atoms with van der Waals surface area (Å²) in [5.41, 5.74) is 2.07. The van der Waals surface area contributed by atoms with Gasteiger partial charge in [0.05, 0.1) is 31.1 Å². The SMILES string of the molecule is O=C(Cl)CCC(=O)OC[N+]1(c2cc(=O)c3cccc(-c4ccccc4)c3o2)CCOCC1. The fourth-order valence-electron chi connectivity index (χ4n) is 3.82. The van der Waals surface area contributed by atoms with E-state index in [2.05, 4.69) is 0 Å². The highest BCUT2D eigenvalue weighted by atomic mass is 35.5. The Kier molecular flexibility index (Phi) is 6.69. The molecule has 7 nitrogen and oxygen atoms in total. The number of hydrogen-bond donors (Lipinski definition) is 0. The number of esters is 1.